The maximum absolute atomic E-state index is 9.17. The highest BCUT2D eigenvalue weighted by Crippen LogP contribution is 2.23. The van der Waals surface area contributed by atoms with Crippen LogP contribution in [-0.2, 0) is 22.6 Å². The first kappa shape index (κ1) is 16.4. The highest BCUT2D eigenvalue weighted by molar-refractivity contribution is 4.90. The van der Waals surface area contributed by atoms with Gasteiger partial charge in [-0.3, -0.25) is 4.90 Å². The molecule has 1 N–H and O–H groups in total. The van der Waals surface area contributed by atoms with Crippen molar-refractivity contribution in [2.24, 2.45) is 5.92 Å². The summed E-state index contributed by atoms with van der Waals surface area (Å²) >= 11 is 0. The Balaban J connectivity index is 1.67. The monoisotopic (exact) mass is 297 g/mol. The SMILES string of the molecule is COC(OC)N1CCC(CCCn2ccnc2CO)CC1. The van der Waals surface area contributed by atoms with Crippen molar-refractivity contribution >= 4 is 0 Å². The second-order valence-corrected chi connectivity index (χ2v) is 5.59. The second-order valence-electron chi connectivity index (χ2n) is 5.59. The van der Waals surface area contributed by atoms with Crippen molar-refractivity contribution < 1.29 is 14.6 Å². The normalized spacial score (nSPS) is 17.7. The fourth-order valence-electron chi connectivity index (χ4n) is 3.09. The number of rotatable bonds is 8. The minimum Gasteiger partial charge on any atom is -0.388 e. The highest BCUT2D eigenvalue weighted by Gasteiger charge is 2.24. The quantitative estimate of drug-likeness (QED) is 0.736. The first-order valence-electron chi connectivity index (χ1n) is 7.69. The fourth-order valence-corrected chi connectivity index (χ4v) is 3.09. The lowest BCUT2D eigenvalue weighted by atomic mass is 9.92. The van der Waals surface area contributed by atoms with Crippen LogP contribution in [0.25, 0.3) is 0 Å². The lowest BCUT2D eigenvalue weighted by Crippen LogP contribution is -2.43. The number of methoxy groups -OCH3 is 2. The number of hydrogen-bond donors (Lipinski definition) is 1. The van der Waals surface area contributed by atoms with Crippen molar-refractivity contribution in [3.05, 3.63) is 18.2 Å². The molecule has 0 aromatic carbocycles. The van der Waals surface area contributed by atoms with Gasteiger partial charge < -0.3 is 19.1 Å². The third kappa shape index (κ3) is 4.51. The first-order chi connectivity index (χ1) is 10.3. The summed E-state index contributed by atoms with van der Waals surface area (Å²) in [5.74, 6) is 1.53. The van der Waals surface area contributed by atoms with Gasteiger partial charge in [-0.05, 0) is 31.6 Å². The molecule has 2 rings (SSSR count). The molecule has 21 heavy (non-hydrogen) atoms. The molecule has 0 radical (unpaired) electrons. The standard InChI is InChI=1S/C15H27N3O3/c1-20-15(21-2)18-9-5-13(6-10-18)4-3-8-17-11-7-16-14(17)12-19/h7,11,13,15,19H,3-6,8-10,12H2,1-2H3. The van der Waals surface area contributed by atoms with Crippen LogP contribution in [0.4, 0.5) is 0 Å². The zero-order valence-electron chi connectivity index (χ0n) is 13.1. The Morgan fingerprint density at radius 3 is 2.67 bits per heavy atom. The molecule has 2 heterocycles. The molecule has 0 atom stereocenters. The van der Waals surface area contributed by atoms with E-state index in [1.807, 2.05) is 10.8 Å². The van der Waals surface area contributed by atoms with Crippen molar-refractivity contribution in [2.45, 2.75) is 45.2 Å². The van der Waals surface area contributed by atoms with Crippen LogP contribution in [0.15, 0.2) is 12.4 Å². The van der Waals surface area contributed by atoms with Crippen LogP contribution >= 0.6 is 0 Å². The molecule has 0 bridgehead atoms. The van der Waals surface area contributed by atoms with Gasteiger partial charge in [0.05, 0.1) is 0 Å². The molecule has 0 spiro atoms. The number of imidazole rings is 1. The third-order valence-electron chi connectivity index (χ3n) is 4.31. The Bertz CT molecular complexity index is 399. The van der Waals surface area contributed by atoms with Crippen LogP contribution < -0.4 is 0 Å². The highest BCUT2D eigenvalue weighted by atomic mass is 16.7. The van der Waals surface area contributed by atoms with Gasteiger partial charge in [-0.2, -0.15) is 0 Å². The van der Waals surface area contributed by atoms with Crippen LogP contribution in [0, 0.1) is 5.92 Å². The van der Waals surface area contributed by atoms with E-state index >= 15 is 0 Å². The molecule has 0 aliphatic carbocycles. The number of piperidine rings is 1. The lowest BCUT2D eigenvalue weighted by molar-refractivity contribution is -0.202. The number of aryl methyl sites for hydroxylation is 1. The molecule has 1 saturated heterocycles. The van der Waals surface area contributed by atoms with Gasteiger partial charge in [-0.25, -0.2) is 4.98 Å². The van der Waals surface area contributed by atoms with Gasteiger partial charge in [0, 0.05) is 46.2 Å². The third-order valence-corrected chi connectivity index (χ3v) is 4.31. The molecular formula is C15H27N3O3. The lowest BCUT2D eigenvalue weighted by Gasteiger charge is -2.35. The zero-order valence-corrected chi connectivity index (χ0v) is 13.1. The number of aliphatic hydroxyl groups excluding tert-OH is 1. The summed E-state index contributed by atoms with van der Waals surface area (Å²) in [5.41, 5.74) is 0. The van der Waals surface area contributed by atoms with E-state index in [2.05, 4.69) is 9.88 Å². The Morgan fingerprint density at radius 2 is 2.05 bits per heavy atom. The van der Waals surface area contributed by atoms with Gasteiger partial charge in [0.1, 0.15) is 12.4 Å². The molecule has 1 aliphatic rings. The summed E-state index contributed by atoms with van der Waals surface area (Å²) in [7, 11) is 3.37. The minimum atomic E-state index is -0.205. The maximum Gasteiger partial charge on any atom is 0.218 e. The van der Waals surface area contributed by atoms with Crippen LogP contribution in [0.1, 0.15) is 31.5 Å². The Hall–Kier alpha value is -0.950. The summed E-state index contributed by atoms with van der Waals surface area (Å²) in [4.78, 5) is 6.37. The van der Waals surface area contributed by atoms with E-state index in [4.69, 9.17) is 9.47 Å². The van der Waals surface area contributed by atoms with E-state index in [0.29, 0.717) is 0 Å². The van der Waals surface area contributed by atoms with Crippen LogP contribution in [-0.4, -0.2) is 53.3 Å². The van der Waals surface area contributed by atoms with Crippen molar-refractivity contribution in [1.29, 1.82) is 0 Å². The van der Waals surface area contributed by atoms with Crippen molar-refractivity contribution in [3.63, 3.8) is 0 Å². The molecule has 0 unspecified atom stereocenters. The van der Waals surface area contributed by atoms with Gasteiger partial charge in [0.15, 0.2) is 0 Å². The molecule has 0 amide bonds. The van der Waals surface area contributed by atoms with E-state index in [0.717, 1.165) is 37.8 Å². The topological polar surface area (TPSA) is 59.8 Å². The summed E-state index contributed by atoms with van der Waals surface area (Å²) in [5, 5.41) is 9.17. The summed E-state index contributed by atoms with van der Waals surface area (Å²) in [6.45, 7) is 3.02. The van der Waals surface area contributed by atoms with Crippen LogP contribution in [0.5, 0.6) is 0 Å². The Kier molecular flexibility index (Phi) is 6.63. The van der Waals surface area contributed by atoms with E-state index in [9.17, 15) is 5.11 Å². The van der Waals surface area contributed by atoms with Crippen molar-refractivity contribution in [2.75, 3.05) is 27.3 Å². The number of hydrogen-bond acceptors (Lipinski definition) is 5. The number of ether oxygens (including phenoxy) is 2. The zero-order chi connectivity index (χ0) is 15.1. The molecule has 1 aliphatic heterocycles. The minimum absolute atomic E-state index is 0.0147. The van der Waals surface area contributed by atoms with E-state index in [1.165, 1.54) is 19.3 Å². The fraction of sp³-hybridized carbons (Fsp3) is 0.800. The average Bonchev–Trinajstić information content (AvgIpc) is 2.97. The smallest absolute Gasteiger partial charge is 0.218 e. The molecule has 1 aromatic heterocycles. The van der Waals surface area contributed by atoms with Gasteiger partial charge in [-0.1, -0.05) is 0 Å². The molecular weight excluding hydrogens is 270 g/mol. The average molecular weight is 297 g/mol. The van der Waals surface area contributed by atoms with Gasteiger partial charge in [0.2, 0.25) is 6.41 Å². The molecule has 0 saturated carbocycles. The largest absolute Gasteiger partial charge is 0.388 e. The predicted octanol–water partition coefficient (Wildman–Crippen LogP) is 1.44. The van der Waals surface area contributed by atoms with Crippen LogP contribution in [0.2, 0.25) is 0 Å². The maximum atomic E-state index is 9.17. The first-order valence-corrected chi connectivity index (χ1v) is 7.69. The van der Waals surface area contributed by atoms with E-state index < -0.39 is 0 Å². The van der Waals surface area contributed by atoms with Gasteiger partial charge >= 0.3 is 0 Å². The van der Waals surface area contributed by atoms with Crippen LogP contribution in [0.3, 0.4) is 0 Å². The number of aliphatic hydroxyl groups is 1. The van der Waals surface area contributed by atoms with Crippen molar-refractivity contribution in [1.82, 2.24) is 14.5 Å². The number of aromatic nitrogens is 2. The Morgan fingerprint density at radius 1 is 1.33 bits per heavy atom. The molecule has 1 fully saturated rings. The van der Waals surface area contributed by atoms with E-state index in [1.54, 1.807) is 20.4 Å². The predicted molar refractivity (Wildman–Crippen MR) is 79.5 cm³/mol. The van der Waals surface area contributed by atoms with Gasteiger partial charge in [-0.15, -0.1) is 0 Å². The molecule has 1 aromatic rings. The summed E-state index contributed by atoms with van der Waals surface area (Å²) in [6, 6.07) is 0. The summed E-state index contributed by atoms with van der Waals surface area (Å²) in [6.07, 6.45) is 8.23. The van der Waals surface area contributed by atoms with E-state index in [-0.39, 0.29) is 13.0 Å². The second kappa shape index (κ2) is 8.48. The molecule has 6 nitrogen and oxygen atoms in total. The van der Waals surface area contributed by atoms with Crippen molar-refractivity contribution in [3.8, 4) is 0 Å². The summed E-state index contributed by atoms with van der Waals surface area (Å²) < 4.78 is 12.6. The Labute approximate surface area is 126 Å². The molecule has 120 valence electrons. The molecule has 6 heteroatoms. The number of likely N-dealkylation sites (tertiary alicyclic amines) is 1. The van der Waals surface area contributed by atoms with Gasteiger partial charge in [0.25, 0.3) is 0 Å². The number of nitrogens with zero attached hydrogens (tertiary/aromatic N) is 3.